The molecule has 7 nitrogen and oxygen atoms in total. The number of urea groups is 1. The van der Waals surface area contributed by atoms with Gasteiger partial charge in [-0.3, -0.25) is 10.1 Å². The van der Waals surface area contributed by atoms with Gasteiger partial charge in [-0.15, -0.1) is 0 Å². The fraction of sp³-hybridized carbons (Fsp3) is 0.0417. The van der Waals surface area contributed by atoms with E-state index in [1.807, 2.05) is 0 Å². The van der Waals surface area contributed by atoms with Crippen molar-refractivity contribution in [2.75, 3.05) is 10.6 Å². The molecule has 0 atom stereocenters. The van der Waals surface area contributed by atoms with Crippen LogP contribution < -0.4 is 10.6 Å². The van der Waals surface area contributed by atoms with E-state index >= 15 is 0 Å². The molecule has 0 bridgehead atoms. The molecule has 0 radical (unpaired) electrons. The first-order valence-corrected chi connectivity index (χ1v) is 10.1. The number of carbonyl (C=O) groups excluding carboxylic acids is 1. The number of carbonyl (C=O) groups is 2. The third-order valence-electron chi connectivity index (χ3n) is 4.92. The number of hydrogen-bond donors (Lipinski definition) is 3. The topological polar surface area (TPSA) is 96.2 Å². The Hall–Kier alpha value is -4.67. The summed E-state index contributed by atoms with van der Waals surface area (Å²) < 4.78 is 56.2. The summed E-state index contributed by atoms with van der Waals surface area (Å²) in [6, 6.07) is 13.9. The Morgan fingerprint density at radius 3 is 2.26 bits per heavy atom. The normalized spacial score (nSPS) is 10.7. The number of benzene rings is 3. The zero-order valence-corrected chi connectivity index (χ0v) is 17.7. The predicted molar refractivity (Wildman–Crippen MR) is 119 cm³/mol. The zero-order chi connectivity index (χ0) is 25.1. The smallest absolute Gasteiger partial charge is 0.324 e. The molecule has 35 heavy (non-hydrogen) atoms. The lowest BCUT2D eigenvalue weighted by Gasteiger charge is -2.11. The predicted octanol–water partition coefficient (Wildman–Crippen LogP) is 5.37. The van der Waals surface area contributed by atoms with Crippen LogP contribution in [0.3, 0.4) is 0 Å². The van der Waals surface area contributed by atoms with E-state index in [0.29, 0.717) is 17.3 Å². The molecule has 178 valence electrons. The second-order valence-corrected chi connectivity index (χ2v) is 7.35. The maximum absolute atomic E-state index is 14.3. The second kappa shape index (κ2) is 9.67. The standard InChI is InChI=1S/C24H16F4N4O3/c25-16-4-2-1-3-15(16)19-12-20(30-24(35)29-18-10-9-17(26)22(27)23(18)28)32(31-19)14-7-5-13(6-8-14)11-21(33)34/h1-10,12H,11H2,(H,33,34)(H2,29,30,35). The van der Waals surface area contributed by atoms with E-state index in [2.05, 4.69) is 15.7 Å². The fourth-order valence-corrected chi connectivity index (χ4v) is 3.29. The molecule has 0 saturated carbocycles. The first kappa shape index (κ1) is 23.5. The number of nitrogens with zero attached hydrogens (tertiary/aromatic N) is 2. The number of halogens is 4. The quantitative estimate of drug-likeness (QED) is 0.253. The molecule has 0 aliphatic rings. The molecular formula is C24H16F4N4O3. The van der Waals surface area contributed by atoms with Crippen LogP contribution in [0.15, 0.2) is 66.7 Å². The van der Waals surface area contributed by atoms with Crippen LogP contribution in [0, 0.1) is 23.3 Å². The Morgan fingerprint density at radius 1 is 0.857 bits per heavy atom. The Labute approximate surface area is 195 Å². The summed E-state index contributed by atoms with van der Waals surface area (Å²) in [6.45, 7) is 0. The fourth-order valence-electron chi connectivity index (χ4n) is 3.29. The Bertz CT molecular complexity index is 1420. The lowest BCUT2D eigenvalue weighted by Crippen LogP contribution is -2.22. The molecular weight excluding hydrogens is 468 g/mol. The van der Waals surface area contributed by atoms with Crippen molar-refractivity contribution in [3.63, 3.8) is 0 Å². The first-order chi connectivity index (χ1) is 16.7. The summed E-state index contributed by atoms with van der Waals surface area (Å²) in [6.07, 6.45) is -0.201. The lowest BCUT2D eigenvalue weighted by atomic mass is 10.1. The number of carboxylic acid groups (broad SMARTS) is 1. The minimum Gasteiger partial charge on any atom is -0.481 e. The van der Waals surface area contributed by atoms with Gasteiger partial charge in [0.2, 0.25) is 0 Å². The average Bonchev–Trinajstić information content (AvgIpc) is 3.23. The van der Waals surface area contributed by atoms with Gasteiger partial charge < -0.3 is 10.4 Å². The zero-order valence-electron chi connectivity index (χ0n) is 17.7. The van der Waals surface area contributed by atoms with Gasteiger partial charge in [0.15, 0.2) is 17.5 Å². The summed E-state index contributed by atoms with van der Waals surface area (Å²) in [5, 5.41) is 17.8. The van der Waals surface area contributed by atoms with Crippen molar-refractivity contribution in [2.24, 2.45) is 0 Å². The summed E-state index contributed by atoms with van der Waals surface area (Å²) in [4.78, 5) is 23.4. The van der Waals surface area contributed by atoms with E-state index in [9.17, 15) is 27.2 Å². The van der Waals surface area contributed by atoms with Crippen LogP contribution in [0.5, 0.6) is 0 Å². The van der Waals surface area contributed by atoms with Crippen molar-refractivity contribution in [3.8, 4) is 16.9 Å². The van der Waals surface area contributed by atoms with E-state index in [0.717, 1.165) is 6.07 Å². The summed E-state index contributed by atoms with van der Waals surface area (Å²) >= 11 is 0. The Morgan fingerprint density at radius 2 is 1.57 bits per heavy atom. The van der Waals surface area contributed by atoms with E-state index in [4.69, 9.17) is 5.11 Å². The summed E-state index contributed by atoms with van der Waals surface area (Å²) in [7, 11) is 0. The molecule has 0 unspecified atom stereocenters. The Kier molecular flexibility index (Phi) is 6.49. The lowest BCUT2D eigenvalue weighted by molar-refractivity contribution is -0.136. The van der Waals surface area contributed by atoms with Gasteiger partial charge in [0, 0.05) is 11.6 Å². The Balaban J connectivity index is 1.68. The molecule has 1 aromatic heterocycles. The third-order valence-corrected chi connectivity index (χ3v) is 4.92. The number of hydrogen-bond acceptors (Lipinski definition) is 3. The number of rotatable bonds is 6. The molecule has 4 rings (SSSR count). The maximum Gasteiger partial charge on any atom is 0.324 e. The molecule has 0 aliphatic heterocycles. The maximum atomic E-state index is 14.3. The monoisotopic (exact) mass is 484 g/mol. The van der Waals surface area contributed by atoms with Crippen LogP contribution in [-0.4, -0.2) is 26.9 Å². The van der Waals surface area contributed by atoms with E-state index in [1.54, 1.807) is 30.3 Å². The molecule has 0 aliphatic carbocycles. The molecule has 0 saturated heterocycles. The van der Waals surface area contributed by atoms with Crippen LogP contribution in [0.1, 0.15) is 5.56 Å². The van der Waals surface area contributed by atoms with Crippen LogP contribution in [-0.2, 0) is 11.2 Å². The van der Waals surface area contributed by atoms with Crippen LogP contribution in [0.4, 0.5) is 33.9 Å². The highest BCUT2D eigenvalue weighted by Gasteiger charge is 2.19. The SMILES string of the molecule is O=C(O)Cc1ccc(-n2nc(-c3ccccc3F)cc2NC(=O)Nc2ccc(F)c(F)c2F)cc1. The van der Waals surface area contributed by atoms with Gasteiger partial charge in [-0.05, 0) is 42.0 Å². The molecule has 1 heterocycles. The average molecular weight is 484 g/mol. The van der Waals surface area contributed by atoms with Crippen molar-refractivity contribution in [1.82, 2.24) is 9.78 Å². The molecule has 0 spiro atoms. The molecule has 2 amide bonds. The molecule has 0 fully saturated rings. The number of carboxylic acids is 1. The molecule has 3 aromatic carbocycles. The number of nitrogens with one attached hydrogen (secondary N) is 2. The highest BCUT2D eigenvalue weighted by molar-refractivity contribution is 5.99. The molecule has 3 N–H and O–H groups in total. The van der Waals surface area contributed by atoms with E-state index in [-0.39, 0.29) is 23.5 Å². The highest BCUT2D eigenvalue weighted by atomic mass is 19.2. The number of aliphatic carboxylic acids is 1. The van der Waals surface area contributed by atoms with Crippen molar-refractivity contribution in [2.45, 2.75) is 6.42 Å². The van der Waals surface area contributed by atoms with Gasteiger partial charge in [0.1, 0.15) is 11.6 Å². The van der Waals surface area contributed by atoms with Gasteiger partial charge in [-0.25, -0.2) is 27.0 Å². The van der Waals surface area contributed by atoms with Crippen LogP contribution in [0.25, 0.3) is 16.9 Å². The van der Waals surface area contributed by atoms with Gasteiger partial charge in [0.25, 0.3) is 0 Å². The van der Waals surface area contributed by atoms with Gasteiger partial charge in [-0.1, -0.05) is 24.3 Å². The van der Waals surface area contributed by atoms with Gasteiger partial charge in [-0.2, -0.15) is 5.10 Å². The summed E-state index contributed by atoms with van der Waals surface area (Å²) in [5.41, 5.74) is 0.621. The summed E-state index contributed by atoms with van der Waals surface area (Å²) in [5.74, 6) is -6.26. The van der Waals surface area contributed by atoms with Gasteiger partial charge in [0.05, 0.1) is 23.5 Å². The van der Waals surface area contributed by atoms with Crippen molar-refractivity contribution in [3.05, 3.63) is 95.6 Å². The van der Waals surface area contributed by atoms with Crippen molar-refractivity contribution in [1.29, 1.82) is 0 Å². The van der Waals surface area contributed by atoms with Crippen molar-refractivity contribution < 1.29 is 32.3 Å². The van der Waals surface area contributed by atoms with E-state index < -0.39 is 41.0 Å². The molecule has 11 heteroatoms. The largest absolute Gasteiger partial charge is 0.481 e. The minimum atomic E-state index is -1.74. The number of anilines is 2. The van der Waals surface area contributed by atoms with Crippen molar-refractivity contribution >= 4 is 23.5 Å². The number of aromatic nitrogens is 2. The highest BCUT2D eigenvalue weighted by Crippen LogP contribution is 2.27. The second-order valence-electron chi connectivity index (χ2n) is 7.35. The first-order valence-electron chi connectivity index (χ1n) is 10.1. The van der Waals surface area contributed by atoms with Crippen LogP contribution in [0.2, 0.25) is 0 Å². The molecule has 4 aromatic rings. The minimum absolute atomic E-state index is 0.0368. The van der Waals surface area contributed by atoms with E-state index in [1.165, 1.54) is 28.9 Å². The van der Waals surface area contributed by atoms with Crippen LogP contribution >= 0.6 is 0 Å². The number of amides is 2. The third kappa shape index (κ3) is 5.13. The van der Waals surface area contributed by atoms with Gasteiger partial charge >= 0.3 is 12.0 Å².